The van der Waals surface area contributed by atoms with Crippen LogP contribution in [0, 0.1) is 0 Å². The number of methoxy groups -OCH3 is 1. The molecule has 2 aliphatic heterocycles. The van der Waals surface area contributed by atoms with Gasteiger partial charge in [-0.15, -0.1) is 0 Å². The molecule has 0 amide bonds. The Balaban J connectivity index is 1.05. The number of nitrogens with zero attached hydrogens (tertiary/aromatic N) is 7. The minimum atomic E-state index is -5.95. The van der Waals surface area contributed by atoms with Crippen molar-refractivity contribution in [2.75, 3.05) is 31.8 Å². The standard InChI is InChI=1S/C22H31N10O17P3/c1-30-7-32(18-11(30)19(36)29-22(24)28-18)21-14(35)15(43-2)9(47-21)4-45-51(39,40)49-52(41,42)48-50(37,38)44-3-8-12(33)13(34)20(46-8)31-6-27-10-16(23)25-5-26-17(10)31/h5-9,12-15,20-21,33-35H,3-4H2,1-2H3,(H7-,23,24,25,26,28,29,36,37,38,39,40,41,42)/p+1/t8-,9-,12-,13-,14-,15-,20-,21-/m1/s1. The normalized spacial score (nSPS) is 30.1. The summed E-state index contributed by atoms with van der Waals surface area (Å²) in [4.78, 5) is 60.8. The fourth-order valence-electron chi connectivity index (χ4n) is 5.64. The molecule has 0 spiro atoms. The summed E-state index contributed by atoms with van der Waals surface area (Å²) < 4.78 is 75.6. The van der Waals surface area contributed by atoms with Crippen LogP contribution in [0.4, 0.5) is 11.8 Å². The average Bonchev–Trinajstić information content (AvgIpc) is 3.77. The Morgan fingerprint density at radius 1 is 0.942 bits per heavy atom. The highest BCUT2D eigenvalue weighted by atomic mass is 31.3. The molecule has 2 aliphatic rings. The zero-order valence-electron chi connectivity index (χ0n) is 26.6. The second kappa shape index (κ2) is 14.1. The van der Waals surface area contributed by atoms with Crippen LogP contribution < -0.4 is 21.6 Å². The molecule has 6 rings (SSSR count). The monoisotopic (exact) mass is 801 g/mol. The summed E-state index contributed by atoms with van der Waals surface area (Å²) in [5.74, 6) is -0.222. The molecule has 0 bridgehead atoms. The predicted molar refractivity (Wildman–Crippen MR) is 166 cm³/mol. The van der Waals surface area contributed by atoms with Crippen molar-refractivity contribution in [3.8, 4) is 0 Å². The molecule has 0 radical (unpaired) electrons. The Labute approximate surface area is 289 Å². The third-order valence-corrected chi connectivity index (χ3v) is 12.1. The van der Waals surface area contributed by atoms with E-state index in [4.69, 9.17) is 30.2 Å². The zero-order chi connectivity index (χ0) is 37.9. The minimum Gasteiger partial charge on any atom is -0.387 e. The summed E-state index contributed by atoms with van der Waals surface area (Å²) in [5, 5.41) is 31.9. The van der Waals surface area contributed by atoms with E-state index in [2.05, 4.69) is 38.1 Å². The van der Waals surface area contributed by atoms with E-state index < -0.39 is 91.3 Å². The molecule has 52 heavy (non-hydrogen) atoms. The van der Waals surface area contributed by atoms with E-state index in [9.17, 15) is 48.5 Å². The summed E-state index contributed by atoms with van der Waals surface area (Å²) in [7, 11) is -14.5. The van der Waals surface area contributed by atoms with Gasteiger partial charge in [-0.1, -0.05) is 4.98 Å². The highest BCUT2D eigenvalue weighted by molar-refractivity contribution is 7.66. The van der Waals surface area contributed by atoms with E-state index in [1.165, 1.54) is 40.5 Å². The van der Waals surface area contributed by atoms with Gasteiger partial charge < -0.3 is 55.7 Å². The van der Waals surface area contributed by atoms with Crippen molar-refractivity contribution in [2.45, 2.75) is 49.1 Å². The molecule has 27 nitrogen and oxygen atoms in total. The van der Waals surface area contributed by atoms with Gasteiger partial charge in [0, 0.05) is 7.11 Å². The first kappa shape index (κ1) is 38.4. The van der Waals surface area contributed by atoms with Crippen molar-refractivity contribution < 1.29 is 80.1 Å². The number of aromatic nitrogens is 8. The number of hydrogen-bond acceptors (Lipinski definition) is 20. The molecule has 0 aliphatic carbocycles. The van der Waals surface area contributed by atoms with E-state index in [1.54, 1.807) is 0 Å². The lowest BCUT2D eigenvalue weighted by molar-refractivity contribution is -0.745. The maximum atomic E-state index is 12.6. The van der Waals surface area contributed by atoms with Gasteiger partial charge in [0.1, 0.15) is 48.5 Å². The van der Waals surface area contributed by atoms with Crippen LogP contribution in [0.2, 0.25) is 0 Å². The largest absolute Gasteiger partial charge is 0.490 e. The number of imidazole rings is 2. The van der Waals surface area contributed by atoms with E-state index >= 15 is 0 Å². The van der Waals surface area contributed by atoms with Gasteiger partial charge in [-0.2, -0.15) is 8.62 Å². The number of H-pyrrole nitrogens is 1. The Hall–Kier alpha value is -3.33. The molecule has 2 fully saturated rings. The minimum absolute atomic E-state index is 0.00639. The summed E-state index contributed by atoms with van der Waals surface area (Å²) in [6, 6.07) is 0. The van der Waals surface area contributed by atoms with E-state index in [-0.39, 0.29) is 34.1 Å². The van der Waals surface area contributed by atoms with Gasteiger partial charge in [-0.25, -0.2) is 33.2 Å². The van der Waals surface area contributed by atoms with E-state index in [0.29, 0.717) is 0 Å². The van der Waals surface area contributed by atoms with Crippen LogP contribution in [0.25, 0.3) is 22.3 Å². The van der Waals surface area contributed by atoms with Gasteiger partial charge >= 0.3 is 29.1 Å². The number of nitrogens with two attached hydrogens (primary N) is 2. The van der Waals surface area contributed by atoms with E-state index in [0.717, 1.165) is 6.33 Å². The number of nitrogens with one attached hydrogen (secondary N) is 1. The number of phosphoric acid groups is 3. The maximum absolute atomic E-state index is 12.6. The first-order valence-corrected chi connectivity index (χ1v) is 19.1. The van der Waals surface area contributed by atoms with Crippen LogP contribution in [0.1, 0.15) is 12.5 Å². The lowest BCUT2D eigenvalue weighted by Gasteiger charge is -2.21. The number of nitrogen functional groups attached to an aromatic ring is 2. The topological polar surface area (TPSA) is 387 Å². The first-order valence-electron chi connectivity index (χ1n) is 14.6. The highest BCUT2D eigenvalue weighted by Gasteiger charge is 2.51. The molecule has 0 saturated carbocycles. The van der Waals surface area contributed by atoms with Crippen LogP contribution in [0.3, 0.4) is 0 Å². The number of fused-ring (bicyclic) bond motifs is 2. The number of aromatic amines is 1. The summed E-state index contributed by atoms with van der Waals surface area (Å²) in [6.45, 7) is -1.95. The van der Waals surface area contributed by atoms with E-state index in [1.807, 2.05) is 0 Å². The second-order valence-corrected chi connectivity index (χ2v) is 15.9. The molecule has 30 heteroatoms. The van der Waals surface area contributed by atoms with Crippen LogP contribution in [-0.2, 0) is 52.6 Å². The number of ether oxygens (including phenoxy) is 3. The molecular weight excluding hydrogens is 769 g/mol. The highest BCUT2D eigenvalue weighted by Crippen LogP contribution is 2.67. The van der Waals surface area contributed by atoms with Crippen molar-refractivity contribution in [1.82, 2.24) is 34.1 Å². The summed E-state index contributed by atoms with van der Waals surface area (Å²) in [5.41, 5.74) is 11.2. The molecule has 6 heterocycles. The van der Waals surface area contributed by atoms with Crippen LogP contribution in [-0.4, -0.2) is 121 Å². The van der Waals surface area contributed by atoms with Gasteiger partial charge in [0.2, 0.25) is 11.7 Å². The zero-order valence-corrected chi connectivity index (χ0v) is 29.2. The lowest BCUT2D eigenvalue weighted by atomic mass is 10.1. The van der Waals surface area contributed by atoms with Gasteiger partial charge in [0.05, 0.1) is 26.6 Å². The molecule has 2 saturated heterocycles. The third-order valence-electron chi connectivity index (χ3n) is 7.86. The van der Waals surface area contributed by atoms with Crippen LogP contribution in [0.5, 0.6) is 0 Å². The Morgan fingerprint density at radius 2 is 1.60 bits per heavy atom. The predicted octanol–water partition coefficient (Wildman–Crippen LogP) is -3.19. The number of aryl methyl sites for hydroxylation is 1. The van der Waals surface area contributed by atoms with Crippen molar-refractivity contribution >= 4 is 57.6 Å². The quantitative estimate of drug-likeness (QED) is 0.0475. The SMILES string of the molecule is CO[C@H]1[C@@H](O)[C@H]([n+]2cn(C)c3c(=O)[nH]c(N)nc32)O[C@@H]1COP(=O)(O)OP(=O)(O)OP(=O)(O)OC[C@H]1O[C@@H](n2cnc3c(N)ncnc32)[C@H](O)[C@@H]1O. The number of aliphatic hydroxyl groups is 3. The van der Waals surface area contributed by atoms with Crippen molar-refractivity contribution in [3.63, 3.8) is 0 Å². The fraction of sp³-hybridized carbons (Fsp3) is 0.545. The van der Waals surface area contributed by atoms with Gasteiger partial charge in [-0.05, 0) is 0 Å². The maximum Gasteiger partial charge on any atom is 0.490 e. The number of anilines is 2. The Bertz CT molecular complexity index is 2180. The number of aliphatic hydroxyl groups excluding tert-OH is 3. The molecule has 4 aromatic heterocycles. The van der Waals surface area contributed by atoms with Crippen molar-refractivity contribution in [1.29, 1.82) is 0 Å². The Kier molecular flexibility index (Phi) is 10.4. The second-order valence-electron chi connectivity index (χ2n) is 11.3. The Morgan fingerprint density at radius 3 is 2.25 bits per heavy atom. The molecule has 286 valence electrons. The van der Waals surface area contributed by atoms with Crippen LogP contribution >= 0.6 is 23.5 Å². The summed E-state index contributed by atoms with van der Waals surface area (Å²) >= 11 is 0. The number of phosphoric ester groups is 2. The molecule has 11 N–H and O–H groups in total. The molecule has 0 aromatic carbocycles. The van der Waals surface area contributed by atoms with Crippen LogP contribution in [0.15, 0.2) is 23.8 Å². The lowest BCUT2D eigenvalue weighted by Crippen LogP contribution is -2.46. The smallest absolute Gasteiger partial charge is 0.387 e. The fourth-order valence-corrected chi connectivity index (χ4v) is 9.16. The van der Waals surface area contributed by atoms with Gasteiger partial charge in [0.15, 0.2) is 24.0 Å². The summed E-state index contributed by atoms with van der Waals surface area (Å²) in [6.07, 6.45) is -8.04. The molecule has 11 atom stereocenters. The van der Waals surface area contributed by atoms with Gasteiger partial charge in [0.25, 0.3) is 11.5 Å². The van der Waals surface area contributed by atoms with Gasteiger partial charge in [-0.3, -0.25) is 28.0 Å². The first-order chi connectivity index (χ1) is 24.3. The number of hydrogen-bond donors (Lipinski definition) is 9. The molecular formula is C22H32N10O17P3+. The molecule has 4 aromatic rings. The average molecular weight is 801 g/mol. The third kappa shape index (κ3) is 7.53. The van der Waals surface area contributed by atoms with Crippen molar-refractivity contribution in [3.05, 3.63) is 29.3 Å². The number of rotatable bonds is 13. The molecule has 3 unspecified atom stereocenters. The van der Waals surface area contributed by atoms with Crippen molar-refractivity contribution in [2.24, 2.45) is 7.05 Å².